The lowest BCUT2D eigenvalue weighted by molar-refractivity contribution is 0.154. The van der Waals surface area contributed by atoms with E-state index in [9.17, 15) is 9.90 Å². The molecule has 0 saturated carbocycles. The lowest BCUT2D eigenvalue weighted by atomic mass is 10.0. The zero-order chi connectivity index (χ0) is 14.8. The monoisotopic (exact) mass is 285 g/mol. The number of piperidine rings is 1. The number of nitrogens with zero attached hydrogens (tertiary/aromatic N) is 2. The van der Waals surface area contributed by atoms with Gasteiger partial charge in [0.2, 0.25) is 0 Å². The number of aryl methyl sites for hydroxylation is 1. The minimum Gasteiger partial charge on any atom is -0.391 e. The smallest absolute Gasteiger partial charge is 0.264 e. The van der Waals surface area contributed by atoms with Gasteiger partial charge in [-0.25, -0.2) is 5.10 Å². The van der Waals surface area contributed by atoms with Gasteiger partial charge in [0.1, 0.15) is 0 Å². The number of aromatic nitrogens is 2. The lowest BCUT2D eigenvalue weighted by Gasteiger charge is -2.33. The molecule has 5 heteroatoms. The third-order valence-electron chi connectivity index (χ3n) is 3.91. The van der Waals surface area contributed by atoms with Crippen LogP contribution in [0, 0.1) is 6.92 Å². The number of rotatable bonds is 2. The van der Waals surface area contributed by atoms with Gasteiger partial charge < -0.3 is 10.0 Å². The summed E-state index contributed by atoms with van der Waals surface area (Å²) in [6, 6.07) is 9.33. The van der Waals surface area contributed by atoms with E-state index in [1.54, 1.807) is 6.07 Å². The Morgan fingerprint density at radius 2 is 2.19 bits per heavy atom. The van der Waals surface area contributed by atoms with E-state index in [4.69, 9.17) is 0 Å². The molecule has 1 fully saturated rings. The largest absolute Gasteiger partial charge is 0.391 e. The lowest BCUT2D eigenvalue weighted by Crippen LogP contribution is -2.38. The number of β-amino-alcohol motifs (C(OH)–C–C–N with tert-alkyl or cyclic N) is 1. The van der Waals surface area contributed by atoms with E-state index in [2.05, 4.69) is 34.2 Å². The van der Waals surface area contributed by atoms with Crippen molar-refractivity contribution in [1.29, 1.82) is 0 Å². The van der Waals surface area contributed by atoms with Crippen LogP contribution in [0.3, 0.4) is 0 Å². The molecule has 2 N–H and O–H groups in total. The molecule has 2 heterocycles. The van der Waals surface area contributed by atoms with Crippen molar-refractivity contribution in [3.63, 3.8) is 0 Å². The summed E-state index contributed by atoms with van der Waals surface area (Å²) < 4.78 is 0. The van der Waals surface area contributed by atoms with Crippen LogP contribution >= 0.6 is 0 Å². The Hall–Kier alpha value is -2.14. The molecule has 110 valence electrons. The molecule has 0 radical (unpaired) electrons. The molecule has 1 atom stereocenters. The molecule has 3 rings (SSSR count). The van der Waals surface area contributed by atoms with Gasteiger partial charge in [0.15, 0.2) is 0 Å². The first-order valence-electron chi connectivity index (χ1n) is 7.23. The second-order valence-electron chi connectivity index (χ2n) is 5.55. The summed E-state index contributed by atoms with van der Waals surface area (Å²) in [6.07, 6.45) is 1.66. The van der Waals surface area contributed by atoms with Crippen molar-refractivity contribution in [2.75, 3.05) is 18.0 Å². The normalized spacial score (nSPS) is 18.8. The Kier molecular flexibility index (Phi) is 3.75. The SMILES string of the molecule is Cc1cc(-c2ccc(=O)[nH]n2)ccc1N1CCCC(O)C1. The van der Waals surface area contributed by atoms with Crippen LogP contribution in [-0.2, 0) is 0 Å². The molecule has 0 amide bonds. The average Bonchev–Trinajstić information content (AvgIpc) is 2.48. The molecule has 1 aliphatic rings. The fourth-order valence-electron chi connectivity index (χ4n) is 2.85. The molecule has 1 aliphatic heterocycles. The summed E-state index contributed by atoms with van der Waals surface area (Å²) in [4.78, 5) is 13.3. The maximum Gasteiger partial charge on any atom is 0.264 e. The fraction of sp³-hybridized carbons (Fsp3) is 0.375. The van der Waals surface area contributed by atoms with E-state index in [0.717, 1.165) is 41.9 Å². The first kappa shape index (κ1) is 13.8. The number of aromatic amines is 1. The van der Waals surface area contributed by atoms with E-state index in [-0.39, 0.29) is 11.7 Å². The summed E-state index contributed by atoms with van der Waals surface area (Å²) in [5.74, 6) is 0. The number of aliphatic hydroxyl groups is 1. The molecule has 1 aromatic carbocycles. The quantitative estimate of drug-likeness (QED) is 0.881. The highest BCUT2D eigenvalue weighted by molar-refractivity contribution is 5.66. The molecule has 1 saturated heterocycles. The van der Waals surface area contributed by atoms with Gasteiger partial charge in [0, 0.05) is 30.4 Å². The highest BCUT2D eigenvalue weighted by atomic mass is 16.3. The van der Waals surface area contributed by atoms with Gasteiger partial charge in [-0.15, -0.1) is 0 Å². The van der Waals surface area contributed by atoms with Crippen LogP contribution < -0.4 is 10.5 Å². The van der Waals surface area contributed by atoms with E-state index < -0.39 is 0 Å². The predicted octanol–water partition coefficient (Wildman–Crippen LogP) is 1.71. The standard InChI is InChI=1S/C16H19N3O2/c1-11-9-12(14-5-7-16(21)18-17-14)4-6-15(11)19-8-2-3-13(20)10-19/h4-7,9,13,20H,2-3,8,10H2,1H3,(H,18,21). The van der Waals surface area contributed by atoms with Crippen molar-refractivity contribution in [2.24, 2.45) is 0 Å². The minimum absolute atomic E-state index is 0.200. The van der Waals surface area contributed by atoms with Crippen molar-refractivity contribution in [3.8, 4) is 11.3 Å². The van der Waals surface area contributed by atoms with Gasteiger partial charge >= 0.3 is 0 Å². The van der Waals surface area contributed by atoms with E-state index in [1.807, 2.05) is 6.07 Å². The molecular formula is C16H19N3O2. The van der Waals surface area contributed by atoms with E-state index in [0.29, 0.717) is 6.54 Å². The number of anilines is 1. The summed E-state index contributed by atoms with van der Waals surface area (Å²) in [5.41, 5.74) is 3.83. The first-order chi connectivity index (χ1) is 10.1. The van der Waals surface area contributed by atoms with Crippen molar-refractivity contribution in [2.45, 2.75) is 25.9 Å². The first-order valence-corrected chi connectivity index (χ1v) is 7.23. The van der Waals surface area contributed by atoms with Gasteiger partial charge in [-0.2, -0.15) is 5.10 Å². The summed E-state index contributed by atoms with van der Waals surface area (Å²) >= 11 is 0. The molecule has 1 aromatic heterocycles. The Balaban J connectivity index is 1.89. The third kappa shape index (κ3) is 2.97. The molecule has 0 aliphatic carbocycles. The van der Waals surface area contributed by atoms with Crippen LogP contribution in [0.5, 0.6) is 0 Å². The molecular weight excluding hydrogens is 266 g/mol. The number of benzene rings is 1. The Bertz CT molecular complexity index is 676. The maximum atomic E-state index is 11.1. The Labute approximate surface area is 123 Å². The minimum atomic E-state index is -0.237. The van der Waals surface area contributed by atoms with Crippen LogP contribution in [-0.4, -0.2) is 34.5 Å². The van der Waals surface area contributed by atoms with E-state index in [1.165, 1.54) is 6.07 Å². The van der Waals surface area contributed by atoms with Gasteiger partial charge in [0.05, 0.1) is 11.8 Å². The average molecular weight is 285 g/mol. The van der Waals surface area contributed by atoms with Crippen molar-refractivity contribution in [1.82, 2.24) is 10.2 Å². The van der Waals surface area contributed by atoms with Gasteiger partial charge in [-0.3, -0.25) is 4.79 Å². The Morgan fingerprint density at radius 1 is 1.33 bits per heavy atom. The van der Waals surface area contributed by atoms with Crippen LogP contribution in [0.25, 0.3) is 11.3 Å². The second-order valence-corrected chi connectivity index (χ2v) is 5.55. The van der Waals surface area contributed by atoms with Gasteiger partial charge in [-0.05, 0) is 43.5 Å². The molecule has 5 nitrogen and oxygen atoms in total. The van der Waals surface area contributed by atoms with Crippen LogP contribution in [0.15, 0.2) is 35.1 Å². The van der Waals surface area contributed by atoms with Crippen LogP contribution in [0.1, 0.15) is 18.4 Å². The number of H-pyrrole nitrogens is 1. The van der Waals surface area contributed by atoms with E-state index >= 15 is 0 Å². The highest BCUT2D eigenvalue weighted by Gasteiger charge is 2.19. The summed E-state index contributed by atoms with van der Waals surface area (Å²) in [7, 11) is 0. The highest BCUT2D eigenvalue weighted by Crippen LogP contribution is 2.27. The van der Waals surface area contributed by atoms with Gasteiger partial charge in [0.25, 0.3) is 5.56 Å². The molecule has 2 aromatic rings. The maximum absolute atomic E-state index is 11.1. The summed E-state index contributed by atoms with van der Waals surface area (Å²) in [6.45, 7) is 3.73. The van der Waals surface area contributed by atoms with Crippen molar-refractivity contribution < 1.29 is 5.11 Å². The topological polar surface area (TPSA) is 69.2 Å². The predicted molar refractivity (Wildman–Crippen MR) is 82.5 cm³/mol. The summed E-state index contributed by atoms with van der Waals surface area (Å²) in [5, 5.41) is 16.3. The number of hydrogen-bond acceptors (Lipinski definition) is 4. The zero-order valence-electron chi connectivity index (χ0n) is 12.0. The van der Waals surface area contributed by atoms with Crippen LogP contribution in [0.2, 0.25) is 0 Å². The number of nitrogens with one attached hydrogen (secondary N) is 1. The van der Waals surface area contributed by atoms with Crippen molar-refractivity contribution in [3.05, 3.63) is 46.2 Å². The van der Waals surface area contributed by atoms with Crippen molar-refractivity contribution >= 4 is 5.69 Å². The third-order valence-corrected chi connectivity index (χ3v) is 3.91. The molecule has 0 spiro atoms. The number of aliphatic hydroxyl groups excluding tert-OH is 1. The second kappa shape index (κ2) is 5.69. The fourth-order valence-corrected chi connectivity index (χ4v) is 2.85. The van der Waals surface area contributed by atoms with Crippen LogP contribution in [0.4, 0.5) is 5.69 Å². The molecule has 1 unspecified atom stereocenters. The molecule has 0 bridgehead atoms. The molecule has 21 heavy (non-hydrogen) atoms. The van der Waals surface area contributed by atoms with Gasteiger partial charge in [-0.1, -0.05) is 6.07 Å². The Morgan fingerprint density at radius 3 is 2.86 bits per heavy atom. The zero-order valence-corrected chi connectivity index (χ0v) is 12.0. The number of hydrogen-bond donors (Lipinski definition) is 2.